The van der Waals surface area contributed by atoms with Gasteiger partial charge in [-0.25, -0.2) is 0 Å². The third kappa shape index (κ3) is 3.55. The minimum Gasteiger partial charge on any atom is -0.298 e. The molecule has 0 spiro atoms. The van der Waals surface area contributed by atoms with Gasteiger partial charge in [0.1, 0.15) is 6.29 Å². The molecule has 21 heavy (non-hydrogen) atoms. The maximum Gasteiger partial charge on any atom is 0.243 e. The Balaban J connectivity index is 2.15. The van der Waals surface area contributed by atoms with Crippen molar-refractivity contribution in [3.8, 4) is 0 Å². The summed E-state index contributed by atoms with van der Waals surface area (Å²) in [7, 11) is 1.84. The average Bonchev–Trinajstić information content (AvgIpc) is 2.46. The Morgan fingerprint density at radius 1 is 1.38 bits per heavy atom. The largest absolute Gasteiger partial charge is 0.298 e. The maximum atomic E-state index is 11.9. The van der Waals surface area contributed by atoms with E-state index in [4.69, 9.17) is 0 Å². The maximum absolute atomic E-state index is 11.9. The van der Waals surface area contributed by atoms with Crippen LogP contribution in [0.2, 0.25) is 0 Å². The van der Waals surface area contributed by atoms with E-state index in [2.05, 4.69) is 12.2 Å². The van der Waals surface area contributed by atoms with Gasteiger partial charge in [-0.2, -0.15) is 0 Å². The second-order valence-electron chi connectivity index (χ2n) is 5.39. The highest BCUT2D eigenvalue weighted by Crippen LogP contribution is 2.17. The third-order valence-corrected chi connectivity index (χ3v) is 3.90. The first kappa shape index (κ1) is 15.4. The van der Waals surface area contributed by atoms with Crippen molar-refractivity contribution in [2.45, 2.75) is 38.8 Å². The molecule has 0 bridgehead atoms. The lowest BCUT2D eigenvalue weighted by molar-refractivity contribution is -0.137. The normalized spacial score (nSPS) is 18.7. The number of nitrogens with zero attached hydrogens (tertiary/aromatic N) is 1. The molecule has 1 N–H and O–H groups in total. The predicted molar refractivity (Wildman–Crippen MR) is 78.8 cm³/mol. The topological polar surface area (TPSA) is 66.5 Å². The second-order valence-corrected chi connectivity index (χ2v) is 5.39. The monoisotopic (exact) mass is 288 g/mol. The summed E-state index contributed by atoms with van der Waals surface area (Å²) in [6.45, 7) is 2.57. The molecule has 1 aromatic carbocycles. The highest BCUT2D eigenvalue weighted by molar-refractivity contribution is 6.00. The van der Waals surface area contributed by atoms with E-state index in [9.17, 15) is 14.4 Å². The highest BCUT2D eigenvalue weighted by atomic mass is 16.2. The first-order chi connectivity index (χ1) is 10.0. The summed E-state index contributed by atoms with van der Waals surface area (Å²) < 4.78 is 0. The Morgan fingerprint density at radius 2 is 2.14 bits per heavy atom. The number of aryl methyl sites for hydroxylation is 1. The highest BCUT2D eigenvalue weighted by Gasteiger charge is 2.29. The number of nitrogens with one attached hydrogen (secondary N) is 1. The smallest absolute Gasteiger partial charge is 0.243 e. The van der Waals surface area contributed by atoms with E-state index in [1.165, 1.54) is 0 Å². The van der Waals surface area contributed by atoms with Gasteiger partial charge in [-0.3, -0.25) is 24.6 Å². The van der Waals surface area contributed by atoms with Crippen molar-refractivity contribution in [2.75, 3.05) is 7.05 Å². The van der Waals surface area contributed by atoms with Crippen molar-refractivity contribution < 1.29 is 14.4 Å². The van der Waals surface area contributed by atoms with E-state index in [1.54, 1.807) is 0 Å². The summed E-state index contributed by atoms with van der Waals surface area (Å²) in [4.78, 5) is 36.1. The van der Waals surface area contributed by atoms with Crippen LogP contribution in [0.5, 0.6) is 0 Å². The van der Waals surface area contributed by atoms with Gasteiger partial charge < -0.3 is 0 Å². The van der Waals surface area contributed by atoms with Gasteiger partial charge in [0.25, 0.3) is 0 Å². The zero-order valence-electron chi connectivity index (χ0n) is 12.4. The zero-order chi connectivity index (χ0) is 15.4. The minimum atomic E-state index is -0.326. The quantitative estimate of drug-likeness (QED) is 0.655. The molecule has 1 atom stereocenters. The van der Waals surface area contributed by atoms with E-state index in [0.717, 1.165) is 23.8 Å². The Morgan fingerprint density at radius 3 is 2.76 bits per heavy atom. The van der Waals surface area contributed by atoms with Crippen molar-refractivity contribution >= 4 is 18.1 Å². The number of carbonyl (C=O) groups excluding carboxylic acids is 3. The predicted octanol–water partition coefficient (Wildman–Crippen LogP) is 1.30. The van der Waals surface area contributed by atoms with Gasteiger partial charge in [-0.15, -0.1) is 0 Å². The number of piperidine rings is 1. The molecule has 2 rings (SSSR count). The van der Waals surface area contributed by atoms with Crippen LogP contribution in [0, 0.1) is 0 Å². The number of amides is 2. The van der Waals surface area contributed by atoms with Crippen molar-refractivity contribution in [2.24, 2.45) is 0 Å². The Bertz CT molecular complexity index is 569. The van der Waals surface area contributed by atoms with Gasteiger partial charge in [0.2, 0.25) is 11.8 Å². The van der Waals surface area contributed by atoms with Gasteiger partial charge in [0.05, 0.1) is 6.04 Å². The van der Waals surface area contributed by atoms with Crippen molar-refractivity contribution in [3.05, 3.63) is 34.9 Å². The van der Waals surface area contributed by atoms with Crippen molar-refractivity contribution in [1.82, 2.24) is 10.2 Å². The molecule has 5 nitrogen and oxygen atoms in total. The fourth-order valence-electron chi connectivity index (χ4n) is 2.61. The minimum absolute atomic E-state index is 0.216. The average molecular weight is 288 g/mol. The van der Waals surface area contributed by atoms with E-state index >= 15 is 0 Å². The van der Waals surface area contributed by atoms with Crippen LogP contribution in [0.1, 0.15) is 41.3 Å². The molecule has 1 fully saturated rings. The van der Waals surface area contributed by atoms with Crippen LogP contribution in [-0.2, 0) is 22.6 Å². The van der Waals surface area contributed by atoms with Crippen LogP contribution < -0.4 is 5.32 Å². The fraction of sp³-hybridized carbons (Fsp3) is 0.438. The number of aldehydes is 1. The van der Waals surface area contributed by atoms with Crippen LogP contribution in [-0.4, -0.2) is 36.1 Å². The summed E-state index contributed by atoms with van der Waals surface area (Å²) in [5.41, 5.74) is 2.72. The van der Waals surface area contributed by atoms with Gasteiger partial charge in [-0.05, 0) is 31.0 Å². The number of hydrogen-bond donors (Lipinski definition) is 1. The molecule has 0 radical (unpaired) electrons. The van der Waals surface area contributed by atoms with Crippen LogP contribution in [0.3, 0.4) is 0 Å². The summed E-state index contributed by atoms with van der Waals surface area (Å²) in [5, 5.41) is 2.36. The van der Waals surface area contributed by atoms with E-state index in [1.807, 2.05) is 30.1 Å². The lowest BCUT2D eigenvalue weighted by Crippen LogP contribution is -2.51. The van der Waals surface area contributed by atoms with Gasteiger partial charge in [0, 0.05) is 18.5 Å². The third-order valence-electron chi connectivity index (χ3n) is 3.90. The van der Waals surface area contributed by atoms with E-state index in [0.29, 0.717) is 24.9 Å². The van der Waals surface area contributed by atoms with Crippen LogP contribution in [0.15, 0.2) is 18.2 Å². The Labute approximate surface area is 124 Å². The standard InChI is InChI=1S/C16H20N2O3/c1-3-11-4-5-12(10-19)13(8-11)9-18(2)14-6-7-15(20)17-16(14)21/h4-5,8,10,14H,3,6-7,9H2,1-2H3,(H,17,20,21). The second kappa shape index (κ2) is 6.63. The Hall–Kier alpha value is -2.01. The molecule has 112 valence electrons. The first-order valence-electron chi connectivity index (χ1n) is 7.16. The summed E-state index contributed by atoms with van der Waals surface area (Å²) >= 11 is 0. The Kier molecular flexibility index (Phi) is 4.85. The van der Waals surface area contributed by atoms with Crippen LogP contribution in [0.4, 0.5) is 0 Å². The molecule has 2 amide bonds. The fourth-order valence-corrected chi connectivity index (χ4v) is 2.61. The number of likely N-dealkylation sites (N-methyl/N-ethyl adjacent to an activating group) is 1. The molecular formula is C16H20N2O3. The summed E-state index contributed by atoms with van der Waals surface area (Å²) in [6.07, 6.45) is 2.61. The molecule has 5 heteroatoms. The molecular weight excluding hydrogens is 268 g/mol. The number of benzene rings is 1. The van der Waals surface area contributed by atoms with Gasteiger partial charge >= 0.3 is 0 Å². The number of imide groups is 1. The SMILES string of the molecule is CCc1ccc(C=O)c(CN(C)C2CCC(=O)NC2=O)c1. The van der Waals surface area contributed by atoms with Crippen molar-refractivity contribution in [3.63, 3.8) is 0 Å². The van der Waals surface area contributed by atoms with Crippen LogP contribution >= 0.6 is 0 Å². The number of rotatable bonds is 5. The van der Waals surface area contributed by atoms with E-state index in [-0.39, 0.29) is 17.9 Å². The molecule has 1 aliphatic heterocycles. The van der Waals surface area contributed by atoms with Gasteiger partial charge in [0.15, 0.2) is 0 Å². The summed E-state index contributed by atoms with van der Waals surface area (Å²) in [6, 6.07) is 5.44. The van der Waals surface area contributed by atoms with Crippen molar-refractivity contribution in [1.29, 1.82) is 0 Å². The number of carbonyl (C=O) groups is 3. The van der Waals surface area contributed by atoms with Gasteiger partial charge in [-0.1, -0.05) is 25.1 Å². The first-order valence-corrected chi connectivity index (χ1v) is 7.16. The zero-order valence-corrected chi connectivity index (χ0v) is 12.4. The summed E-state index contributed by atoms with van der Waals surface area (Å²) in [5.74, 6) is -0.473. The van der Waals surface area contributed by atoms with Crippen LogP contribution in [0.25, 0.3) is 0 Å². The molecule has 1 unspecified atom stereocenters. The molecule has 0 aromatic heterocycles. The molecule has 1 saturated heterocycles. The molecule has 1 aromatic rings. The molecule has 0 aliphatic carbocycles. The lowest BCUT2D eigenvalue weighted by Gasteiger charge is -2.30. The molecule has 0 saturated carbocycles. The lowest BCUT2D eigenvalue weighted by atomic mass is 10.0. The number of hydrogen-bond acceptors (Lipinski definition) is 4. The molecule has 1 heterocycles. The molecule has 1 aliphatic rings. The van der Waals surface area contributed by atoms with E-state index < -0.39 is 0 Å².